The number of hydrogen-bond donors (Lipinski definition) is 2. The molecule has 3 rings (SSSR count). The van der Waals surface area contributed by atoms with Crippen LogP contribution in [0.1, 0.15) is 24.0 Å². The van der Waals surface area contributed by atoms with Crippen LogP contribution in [0.3, 0.4) is 0 Å². The Bertz CT molecular complexity index is 918. The van der Waals surface area contributed by atoms with Crippen LogP contribution in [-0.4, -0.2) is 24.3 Å². The van der Waals surface area contributed by atoms with E-state index < -0.39 is 15.7 Å². The molecule has 0 aromatic heterocycles. The highest BCUT2D eigenvalue weighted by molar-refractivity contribution is 7.89. The van der Waals surface area contributed by atoms with Gasteiger partial charge in [0, 0.05) is 24.9 Å². The molecule has 132 valence electrons. The van der Waals surface area contributed by atoms with Gasteiger partial charge in [0.1, 0.15) is 4.90 Å². The molecule has 3 N–H and O–H groups in total. The SMILES string of the molecule is NS(=O)(=O)c1cc(C2(O)CCC(=O)N2Cc2ccccc2)ccc1Cl. The lowest BCUT2D eigenvalue weighted by molar-refractivity contribution is -0.149. The van der Waals surface area contributed by atoms with Crippen molar-refractivity contribution in [2.45, 2.75) is 30.0 Å². The van der Waals surface area contributed by atoms with Gasteiger partial charge in [0.2, 0.25) is 15.9 Å². The van der Waals surface area contributed by atoms with Gasteiger partial charge in [0.25, 0.3) is 0 Å². The van der Waals surface area contributed by atoms with Gasteiger partial charge in [-0.1, -0.05) is 48.0 Å². The van der Waals surface area contributed by atoms with Gasteiger partial charge < -0.3 is 10.0 Å². The number of halogens is 1. The average molecular weight is 381 g/mol. The topological polar surface area (TPSA) is 101 Å². The van der Waals surface area contributed by atoms with Crippen molar-refractivity contribution < 1.29 is 18.3 Å². The summed E-state index contributed by atoms with van der Waals surface area (Å²) in [5.41, 5.74) is -0.490. The maximum atomic E-state index is 12.3. The summed E-state index contributed by atoms with van der Waals surface area (Å²) in [5.74, 6) is -0.210. The largest absolute Gasteiger partial charge is 0.367 e. The van der Waals surface area contributed by atoms with E-state index in [-0.39, 0.29) is 40.8 Å². The fourth-order valence-electron chi connectivity index (χ4n) is 3.01. The van der Waals surface area contributed by atoms with Crippen molar-refractivity contribution >= 4 is 27.5 Å². The van der Waals surface area contributed by atoms with Crippen LogP contribution in [0.2, 0.25) is 5.02 Å². The molecule has 2 aromatic carbocycles. The van der Waals surface area contributed by atoms with Gasteiger partial charge in [-0.3, -0.25) is 4.79 Å². The molecule has 1 aliphatic heterocycles. The number of primary sulfonamides is 1. The zero-order valence-electron chi connectivity index (χ0n) is 13.2. The molecular weight excluding hydrogens is 364 g/mol. The molecule has 0 bridgehead atoms. The number of sulfonamides is 1. The number of nitrogens with two attached hydrogens (primary N) is 1. The van der Waals surface area contributed by atoms with E-state index >= 15 is 0 Å². The van der Waals surface area contributed by atoms with Crippen molar-refractivity contribution in [3.63, 3.8) is 0 Å². The molecule has 25 heavy (non-hydrogen) atoms. The Labute approximate surface area is 150 Å². The summed E-state index contributed by atoms with van der Waals surface area (Å²) in [7, 11) is -4.05. The van der Waals surface area contributed by atoms with Crippen LogP contribution in [0.4, 0.5) is 0 Å². The van der Waals surface area contributed by atoms with E-state index in [4.69, 9.17) is 16.7 Å². The lowest BCUT2D eigenvalue weighted by Gasteiger charge is -2.34. The summed E-state index contributed by atoms with van der Waals surface area (Å²) in [6.45, 7) is 0.212. The number of amides is 1. The smallest absolute Gasteiger partial charge is 0.239 e. The highest BCUT2D eigenvalue weighted by Crippen LogP contribution is 2.39. The Balaban J connectivity index is 2.03. The van der Waals surface area contributed by atoms with E-state index in [9.17, 15) is 18.3 Å². The molecule has 0 aliphatic carbocycles. The van der Waals surface area contributed by atoms with Crippen LogP contribution in [0, 0.1) is 0 Å². The number of hydrogen-bond acceptors (Lipinski definition) is 4. The third-order valence-corrected chi connectivity index (χ3v) is 5.71. The number of aliphatic hydroxyl groups is 1. The van der Waals surface area contributed by atoms with Crippen LogP contribution in [0.25, 0.3) is 0 Å². The maximum absolute atomic E-state index is 12.3. The monoisotopic (exact) mass is 380 g/mol. The molecule has 0 saturated carbocycles. The van der Waals surface area contributed by atoms with Gasteiger partial charge in [-0.15, -0.1) is 0 Å². The molecule has 1 unspecified atom stereocenters. The maximum Gasteiger partial charge on any atom is 0.239 e. The Morgan fingerprint density at radius 2 is 1.88 bits per heavy atom. The summed E-state index contributed by atoms with van der Waals surface area (Å²) >= 11 is 5.91. The van der Waals surface area contributed by atoms with E-state index in [0.717, 1.165) is 5.56 Å². The quantitative estimate of drug-likeness (QED) is 0.846. The van der Waals surface area contributed by atoms with Gasteiger partial charge in [-0.25, -0.2) is 13.6 Å². The first kappa shape index (κ1) is 17.9. The average Bonchev–Trinajstić information content (AvgIpc) is 2.85. The van der Waals surface area contributed by atoms with Gasteiger partial charge in [-0.05, 0) is 17.7 Å². The van der Waals surface area contributed by atoms with Crippen molar-refractivity contribution in [3.8, 4) is 0 Å². The zero-order valence-corrected chi connectivity index (χ0v) is 14.8. The van der Waals surface area contributed by atoms with Crippen LogP contribution in [-0.2, 0) is 27.1 Å². The number of rotatable bonds is 4. The van der Waals surface area contributed by atoms with Gasteiger partial charge in [-0.2, -0.15) is 0 Å². The van der Waals surface area contributed by atoms with Crippen molar-refractivity contribution in [2.75, 3.05) is 0 Å². The molecule has 8 heteroatoms. The van der Waals surface area contributed by atoms with Crippen LogP contribution >= 0.6 is 11.6 Å². The van der Waals surface area contributed by atoms with E-state index in [1.807, 2.05) is 30.3 Å². The molecule has 6 nitrogen and oxygen atoms in total. The van der Waals surface area contributed by atoms with Crippen molar-refractivity contribution in [2.24, 2.45) is 5.14 Å². The number of nitrogens with zero attached hydrogens (tertiary/aromatic N) is 1. The molecule has 1 heterocycles. The van der Waals surface area contributed by atoms with E-state index in [2.05, 4.69) is 0 Å². The van der Waals surface area contributed by atoms with E-state index in [1.54, 1.807) is 0 Å². The summed E-state index contributed by atoms with van der Waals surface area (Å²) in [5, 5.41) is 16.3. The second-order valence-electron chi connectivity index (χ2n) is 5.97. The van der Waals surface area contributed by atoms with Crippen molar-refractivity contribution in [1.29, 1.82) is 0 Å². The molecule has 1 amide bonds. The molecule has 1 aliphatic rings. The Morgan fingerprint density at radius 1 is 1.20 bits per heavy atom. The fraction of sp³-hybridized carbons (Fsp3) is 0.235. The Kier molecular flexibility index (Phi) is 4.59. The lowest BCUT2D eigenvalue weighted by Crippen LogP contribution is -2.42. The minimum absolute atomic E-state index is 0.0335. The zero-order chi connectivity index (χ0) is 18.2. The Hall–Kier alpha value is -1.93. The number of likely N-dealkylation sites (tertiary alicyclic amines) is 1. The highest BCUT2D eigenvalue weighted by atomic mass is 35.5. The standard InChI is InChI=1S/C17H17ClN2O4S/c18-14-7-6-13(10-15(14)25(19,23)24)17(22)9-8-16(21)20(17)11-12-4-2-1-3-5-12/h1-7,10,22H,8-9,11H2,(H2,19,23,24). The van der Waals surface area contributed by atoms with Crippen LogP contribution in [0.5, 0.6) is 0 Å². The Morgan fingerprint density at radius 3 is 2.52 bits per heavy atom. The van der Waals surface area contributed by atoms with E-state index in [0.29, 0.717) is 0 Å². The molecule has 0 spiro atoms. The predicted octanol–water partition coefficient (Wildman–Crippen LogP) is 1.96. The van der Waals surface area contributed by atoms with Crippen LogP contribution < -0.4 is 5.14 Å². The van der Waals surface area contributed by atoms with E-state index in [1.165, 1.54) is 23.1 Å². The molecule has 1 atom stereocenters. The van der Waals surface area contributed by atoms with Crippen LogP contribution in [0.15, 0.2) is 53.4 Å². The summed E-state index contributed by atoms with van der Waals surface area (Å²) in [4.78, 5) is 13.4. The fourth-order valence-corrected chi connectivity index (χ4v) is 4.08. The molecular formula is C17H17ClN2O4S. The third kappa shape index (κ3) is 3.41. The normalized spacial score (nSPS) is 20.9. The van der Waals surface area contributed by atoms with Gasteiger partial charge in [0.15, 0.2) is 5.72 Å². The second kappa shape index (κ2) is 6.42. The minimum Gasteiger partial charge on any atom is -0.367 e. The minimum atomic E-state index is -4.05. The first-order valence-electron chi connectivity index (χ1n) is 7.61. The number of benzene rings is 2. The predicted molar refractivity (Wildman–Crippen MR) is 92.9 cm³/mol. The third-order valence-electron chi connectivity index (χ3n) is 4.32. The van der Waals surface area contributed by atoms with Gasteiger partial charge >= 0.3 is 0 Å². The first-order valence-corrected chi connectivity index (χ1v) is 9.54. The lowest BCUT2D eigenvalue weighted by atomic mass is 9.99. The molecule has 2 aromatic rings. The summed E-state index contributed by atoms with van der Waals surface area (Å²) < 4.78 is 23.4. The second-order valence-corrected chi connectivity index (χ2v) is 7.91. The molecule has 0 radical (unpaired) electrons. The highest BCUT2D eigenvalue weighted by Gasteiger charge is 2.45. The number of carbonyl (C=O) groups excluding carboxylic acids is 1. The molecule has 1 fully saturated rings. The first-order chi connectivity index (χ1) is 11.7. The molecule has 1 saturated heterocycles. The number of carbonyl (C=O) groups is 1. The summed E-state index contributed by atoms with van der Waals surface area (Å²) in [6.07, 6.45) is 0.320. The summed E-state index contributed by atoms with van der Waals surface area (Å²) in [6, 6.07) is 13.3. The van der Waals surface area contributed by atoms with Crippen molar-refractivity contribution in [3.05, 3.63) is 64.7 Å². The van der Waals surface area contributed by atoms with Crippen molar-refractivity contribution in [1.82, 2.24) is 4.90 Å². The van der Waals surface area contributed by atoms with Gasteiger partial charge in [0.05, 0.1) is 5.02 Å².